The average molecular weight is 659 g/mol. The number of hydrogen-bond acceptors (Lipinski definition) is 2. The van der Waals surface area contributed by atoms with Crippen LogP contribution in [0.15, 0.2) is 36.4 Å². The molecule has 0 radical (unpaired) electrons. The Hall–Kier alpha value is -1.78. The zero-order valence-electron chi connectivity index (χ0n) is 19.5. The SMILES string of the molecule is CN(C[P+](F)(F)F)C(=O)C1(NC(=O)c2ccc(/C(F)=C/C(c3cc(Cl)c(Cl)c(Cl)c3)C(F)(F)F)cc2Cl)CC1. The van der Waals surface area contributed by atoms with Gasteiger partial charge in [-0.25, -0.2) is 4.39 Å². The molecule has 2 aromatic rings. The second-order valence-corrected chi connectivity index (χ2v) is 11.7. The molecule has 0 bridgehead atoms. The molecular weight excluding hydrogens is 642 g/mol. The van der Waals surface area contributed by atoms with Crippen molar-refractivity contribution in [2.75, 3.05) is 13.3 Å². The van der Waals surface area contributed by atoms with Crippen molar-refractivity contribution in [1.29, 1.82) is 0 Å². The lowest BCUT2D eigenvalue weighted by molar-refractivity contribution is -0.139. The molecule has 39 heavy (non-hydrogen) atoms. The Kier molecular flexibility index (Phi) is 9.45. The van der Waals surface area contributed by atoms with Crippen LogP contribution in [0, 0.1) is 0 Å². The number of amides is 2. The van der Waals surface area contributed by atoms with E-state index in [9.17, 15) is 39.7 Å². The average Bonchev–Trinajstić information content (AvgIpc) is 3.58. The molecule has 0 aliphatic heterocycles. The molecule has 2 amide bonds. The highest BCUT2D eigenvalue weighted by molar-refractivity contribution is 7.60. The summed E-state index contributed by atoms with van der Waals surface area (Å²) < 4.78 is 94.5. The number of likely N-dealkylation sites (N-methyl/N-ethyl adjacent to an activating group) is 1. The lowest BCUT2D eigenvalue weighted by atomic mass is 9.96. The van der Waals surface area contributed by atoms with Crippen molar-refractivity contribution in [2.24, 2.45) is 0 Å². The highest BCUT2D eigenvalue weighted by Gasteiger charge is 2.55. The van der Waals surface area contributed by atoms with Crippen LogP contribution in [0.3, 0.4) is 0 Å². The summed E-state index contributed by atoms with van der Waals surface area (Å²) in [4.78, 5) is 25.7. The van der Waals surface area contributed by atoms with Crippen LogP contribution in [0.5, 0.6) is 0 Å². The summed E-state index contributed by atoms with van der Waals surface area (Å²) in [5.41, 5.74) is -2.67. The summed E-state index contributed by atoms with van der Waals surface area (Å²) in [5.74, 6) is -5.64. The Bertz CT molecular complexity index is 1310. The molecule has 1 aliphatic carbocycles. The van der Waals surface area contributed by atoms with Crippen LogP contribution < -0.4 is 5.32 Å². The molecule has 212 valence electrons. The Morgan fingerprint density at radius 3 is 2.08 bits per heavy atom. The molecule has 2 aromatic carbocycles. The molecule has 0 saturated heterocycles. The van der Waals surface area contributed by atoms with Crippen molar-refractivity contribution in [3.8, 4) is 0 Å². The molecule has 0 heterocycles. The predicted molar refractivity (Wildman–Crippen MR) is 138 cm³/mol. The number of hydrogen-bond donors (Lipinski definition) is 1. The summed E-state index contributed by atoms with van der Waals surface area (Å²) in [6, 6.07) is 4.72. The number of nitrogens with one attached hydrogen (secondary N) is 1. The molecule has 1 aliphatic rings. The molecule has 16 heteroatoms. The van der Waals surface area contributed by atoms with Gasteiger partial charge >= 0.3 is 14.4 Å². The van der Waals surface area contributed by atoms with Gasteiger partial charge in [0.1, 0.15) is 17.3 Å². The van der Waals surface area contributed by atoms with E-state index in [-0.39, 0.29) is 44.6 Å². The normalized spacial score (nSPS) is 16.1. The second kappa shape index (κ2) is 11.6. The van der Waals surface area contributed by atoms with Gasteiger partial charge in [0.15, 0.2) is 0 Å². The molecule has 0 spiro atoms. The molecular formula is C23H17Cl4F7N2O2P+. The summed E-state index contributed by atoms with van der Waals surface area (Å²) in [7, 11) is -4.82. The van der Waals surface area contributed by atoms with Crippen LogP contribution >= 0.6 is 54.6 Å². The quantitative estimate of drug-likeness (QED) is 0.175. The van der Waals surface area contributed by atoms with Gasteiger partial charge in [-0.2, -0.15) is 13.2 Å². The van der Waals surface area contributed by atoms with E-state index in [4.69, 9.17) is 46.4 Å². The maximum atomic E-state index is 15.0. The van der Waals surface area contributed by atoms with E-state index >= 15 is 0 Å². The van der Waals surface area contributed by atoms with Crippen LogP contribution in [0.25, 0.3) is 5.83 Å². The first kappa shape index (κ1) is 31.7. The van der Waals surface area contributed by atoms with E-state index < -0.39 is 60.9 Å². The number of carbonyl (C=O) groups excluding carboxylic acids is 2. The fourth-order valence-corrected chi connectivity index (χ4v) is 5.19. The zero-order chi connectivity index (χ0) is 29.5. The minimum Gasteiger partial charge on any atom is -0.338 e. The third-order valence-electron chi connectivity index (χ3n) is 5.75. The summed E-state index contributed by atoms with van der Waals surface area (Å²) in [5, 5.41) is 1.30. The molecule has 3 rings (SSSR count). The molecule has 1 fully saturated rings. The van der Waals surface area contributed by atoms with Gasteiger partial charge in [-0.3, -0.25) is 9.59 Å². The third-order valence-corrected chi connectivity index (χ3v) is 8.01. The van der Waals surface area contributed by atoms with E-state index in [1.165, 1.54) is 0 Å². The van der Waals surface area contributed by atoms with Gasteiger partial charge in [0.05, 0.1) is 25.7 Å². The Morgan fingerprint density at radius 2 is 1.62 bits per heavy atom. The predicted octanol–water partition coefficient (Wildman–Crippen LogP) is 9.31. The van der Waals surface area contributed by atoms with Gasteiger partial charge in [-0.15, -0.1) is 0 Å². The van der Waals surface area contributed by atoms with Crippen LogP contribution in [0.4, 0.5) is 30.2 Å². The minimum absolute atomic E-state index is 0.100. The van der Waals surface area contributed by atoms with Crippen molar-refractivity contribution in [3.63, 3.8) is 0 Å². The van der Waals surface area contributed by atoms with Crippen LogP contribution in [-0.4, -0.2) is 41.8 Å². The van der Waals surface area contributed by atoms with E-state index in [0.717, 1.165) is 37.4 Å². The van der Waals surface area contributed by atoms with Crippen LogP contribution in [-0.2, 0) is 4.79 Å². The number of carbonyl (C=O) groups is 2. The Labute approximate surface area is 238 Å². The van der Waals surface area contributed by atoms with Crippen LogP contribution in [0.2, 0.25) is 20.1 Å². The lowest BCUT2D eigenvalue weighted by Crippen LogP contribution is -2.49. The van der Waals surface area contributed by atoms with Crippen LogP contribution in [0.1, 0.15) is 40.2 Å². The fraction of sp³-hybridized carbons (Fsp3) is 0.304. The largest absolute Gasteiger partial charge is 0.588 e. The lowest BCUT2D eigenvalue weighted by Gasteiger charge is -2.22. The molecule has 1 atom stereocenters. The second-order valence-electron chi connectivity index (χ2n) is 8.76. The van der Waals surface area contributed by atoms with E-state index in [2.05, 4.69) is 5.32 Å². The number of benzene rings is 2. The molecule has 1 unspecified atom stereocenters. The first-order valence-corrected chi connectivity index (χ1v) is 13.9. The number of nitrogens with zero attached hydrogens (tertiary/aromatic N) is 1. The molecule has 4 nitrogen and oxygen atoms in total. The first-order chi connectivity index (χ1) is 17.8. The highest BCUT2D eigenvalue weighted by Crippen LogP contribution is 2.64. The van der Waals surface area contributed by atoms with Gasteiger partial charge in [0.25, 0.3) is 11.8 Å². The van der Waals surface area contributed by atoms with Crippen molar-refractivity contribution in [1.82, 2.24) is 10.2 Å². The van der Waals surface area contributed by atoms with Gasteiger partial charge in [0.2, 0.25) is 6.29 Å². The first-order valence-electron chi connectivity index (χ1n) is 10.8. The van der Waals surface area contributed by atoms with Crippen molar-refractivity contribution >= 4 is 72.2 Å². The molecule has 1 saturated carbocycles. The van der Waals surface area contributed by atoms with Crippen molar-refractivity contribution in [3.05, 3.63) is 73.2 Å². The van der Waals surface area contributed by atoms with E-state index in [0.29, 0.717) is 4.90 Å². The van der Waals surface area contributed by atoms with Gasteiger partial charge in [-0.1, -0.05) is 52.5 Å². The van der Waals surface area contributed by atoms with Gasteiger partial charge in [0, 0.05) is 25.2 Å². The number of alkyl halides is 3. The van der Waals surface area contributed by atoms with E-state index in [1.807, 2.05) is 0 Å². The van der Waals surface area contributed by atoms with Gasteiger partial charge in [-0.05, 0) is 48.7 Å². The number of allylic oxidation sites excluding steroid dienone is 1. The summed E-state index contributed by atoms with van der Waals surface area (Å²) in [6.45, 7) is 0. The fourth-order valence-electron chi connectivity index (χ4n) is 3.70. The highest BCUT2D eigenvalue weighted by atomic mass is 35.5. The summed E-state index contributed by atoms with van der Waals surface area (Å²) in [6.07, 6.45) is -5.88. The zero-order valence-corrected chi connectivity index (χ0v) is 23.4. The number of rotatable bonds is 8. The number of halogens is 11. The summed E-state index contributed by atoms with van der Waals surface area (Å²) >= 11 is 23.5. The Morgan fingerprint density at radius 1 is 1.05 bits per heavy atom. The standard InChI is InChI=1S/C23H16Cl4F7N2O2P/c1-36(10-39(32,33)34)21(38)22(4-5-22)35-20(37)13-3-2-11(6-15(13)24)18(28)9-14(23(29,30)31)12-7-16(25)19(27)17(26)8-12/h2-3,6-9,14H,4-5,10H2,1H3/p+1/b18-9-. The maximum Gasteiger partial charge on any atom is 0.588 e. The van der Waals surface area contributed by atoms with Crippen molar-refractivity contribution in [2.45, 2.75) is 30.5 Å². The van der Waals surface area contributed by atoms with E-state index in [1.54, 1.807) is 0 Å². The molecule has 1 N–H and O–H groups in total. The molecule has 0 aromatic heterocycles. The minimum atomic E-state index is -5.79. The monoisotopic (exact) mass is 657 g/mol. The topological polar surface area (TPSA) is 49.4 Å². The van der Waals surface area contributed by atoms with Crippen molar-refractivity contribution < 1.29 is 39.7 Å². The van der Waals surface area contributed by atoms with Gasteiger partial charge < -0.3 is 10.2 Å². The third kappa shape index (κ3) is 7.70. The Balaban J connectivity index is 1.84. The maximum absolute atomic E-state index is 15.0. The smallest absolute Gasteiger partial charge is 0.338 e.